The molecule has 1 unspecified atom stereocenters. The third kappa shape index (κ3) is 4.84. The molecule has 4 N–H and O–H groups in total. The summed E-state index contributed by atoms with van der Waals surface area (Å²) < 4.78 is 11.8. The smallest absolute Gasteiger partial charge is 0.237 e. The van der Waals surface area contributed by atoms with E-state index in [4.69, 9.17) is 9.47 Å². The number of hydrogen-bond acceptors (Lipinski definition) is 9. The second kappa shape index (κ2) is 12.0. The zero-order chi connectivity index (χ0) is 30.2. The number of amides is 1. The molecule has 2 aromatic carbocycles. The van der Waals surface area contributed by atoms with Crippen LogP contribution in [0.2, 0.25) is 0 Å². The van der Waals surface area contributed by atoms with Gasteiger partial charge in [-0.05, 0) is 70.3 Å². The number of benzene rings is 2. The van der Waals surface area contributed by atoms with Crippen LogP contribution in [0.3, 0.4) is 0 Å². The standard InChI is InChI=1S/C32H41N5O5.Ac/c1-14(2)26(34-6)32(40)35-12-23-25-19(28(38)17(5)30-31(25)42-13-41-30)10-21-27-24-18(8-15(3)16(4)29(24)39)9-20(36(27)7)22(11-33)37(21)23;/h8,14,20-23,26-27,34,38-39H,9-10,12-13H2,1-7H3,(H,35,40);/t20-,21?,22-,23-,26-,27+;/m0./s1. The van der Waals surface area contributed by atoms with Crippen molar-refractivity contribution in [3.05, 3.63) is 45.0 Å². The first-order valence-electron chi connectivity index (χ1n) is 14.8. The molecule has 6 atom stereocenters. The molecular formula is C32H41AcN5O5. The number of ether oxygens (including phenoxy) is 2. The van der Waals surface area contributed by atoms with Gasteiger partial charge in [0.1, 0.15) is 17.5 Å². The normalized spacial score (nSPS) is 26.1. The number of carbonyl (C=O) groups excluding carboxylic acids is 1. The molecule has 4 aliphatic heterocycles. The Labute approximate surface area is 289 Å². The molecule has 0 spiro atoms. The third-order valence-corrected chi connectivity index (χ3v) is 10.2. The second-order valence-corrected chi connectivity index (χ2v) is 12.6. The van der Waals surface area contributed by atoms with Crippen LogP contribution in [-0.4, -0.2) is 77.5 Å². The summed E-state index contributed by atoms with van der Waals surface area (Å²) in [7, 11) is 3.81. The van der Waals surface area contributed by atoms with Gasteiger partial charge in [0, 0.05) is 84.9 Å². The number of phenols is 2. The topological polar surface area (TPSA) is 130 Å². The minimum atomic E-state index is -0.505. The third-order valence-electron chi connectivity index (χ3n) is 10.2. The van der Waals surface area contributed by atoms with Gasteiger partial charge in [-0.15, -0.1) is 0 Å². The number of nitriles is 1. The Bertz CT molecular complexity index is 1510. The van der Waals surface area contributed by atoms with Crippen molar-refractivity contribution in [2.45, 2.75) is 83.7 Å². The summed E-state index contributed by atoms with van der Waals surface area (Å²) in [6.07, 6.45) is 1.07. The maximum absolute atomic E-state index is 13.4. The summed E-state index contributed by atoms with van der Waals surface area (Å²) >= 11 is 0. The van der Waals surface area contributed by atoms with Crippen molar-refractivity contribution in [1.29, 1.82) is 5.26 Å². The Morgan fingerprint density at radius 1 is 1.09 bits per heavy atom. The predicted octanol–water partition coefficient (Wildman–Crippen LogP) is 2.88. The molecule has 2 bridgehead atoms. The molecule has 1 amide bonds. The van der Waals surface area contributed by atoms with Crippen LogP contribution in [0.4, 0.5) is 0 Å². The number of phenolic OH excluding ortho intramolecular Hbond substituents is 2. The molecule has 10 nitrogen and oxygen atoms in total. The summed E-state index contributed by atoms with van der Waals surface area (Å²) in [6.45, 7) is 10.0. The van der Waals surface area contributed by atoms with Gasteiger partial charge in [-0.1, -0.05) is 19.9 Å². The van der Waals surface area contributed by atoms with Crippen molar-refractivity contribution in [3.63, 3.8) is 0 Å². The number of carbonyl (C=O) groups is 1. The molecule has 1 saturated heterocycles. The number of piperazine rings is 1. The maximum Gasteiger partial charge on any atom is 0.237 e. The van der Waals surface area contributed by atoms with E-state index in [0.29, 0.717) is 35.7 Å². The van der Waals surface area contributed by atoms with Crippen molar-refractivity contribution in [2.75, 3.05) is 27.4 Å². The molecule has 0 aromatic heterocycles. The Balaban J connectivity index is 0.00000368. The Hall–Kier alpha value is -2.08. The number of hydrogen-bond donors (Lipinski definition) is 4. The van der Waals surface area contributed by atoms with E-state index in [1.165, 1.54) is 0 Å². The molecule has 227 valence electrons. The molecule has 11 heteroatoms. The van der Waals surface area contributed by atoms with Gasteiger partial charge in [0.15, 0.2) is 11.5 Å². The molecule has 0 aliphatic carbocycles. The fourth-order valence-corrected chi connectivity index (χ4v) is 7.98. The fraction of sp³-hybridized carbons (Fsp3) is 0.562. The Kier molecular flexibility index (Phi) is 9.04. The van der Waals surface area contributed by atoms with Gasteiger partial charge >= 0.3 is 0 Å². The number of aryl methyl sites for hydroxylation is 1. The summed E-state index contributed by atoms with van der Waals surface area (Å²) in [5.41, 5.74) is 5.96. The molecule has 4 heterocycles. The van der Waals surface area contributed by atoms with Crippen LogP contribution in [0, 0.1) is 82.1 Å². The molecule has 6 rings (SSSR count). The van der Waals surface area contributed by atoms with E-state index < -0.39 is 12.1 Å². The van der Waals surface area contributed by atoms with Crippen LogP contribution >= 0.6 is 0 Å². The van der Waals surface area contributed by atoms with Crippen LogP contribution in [-0.2, 0) is 17.6 Å². The molecule has 1 radical (unpaired) electrons. The largest absolute Gasteiger partial charge is 0.507 e. The van der Waals surface area contributed by atoms with E-state index in [2.05, 4.69) is 32.6 Å². The minimum Gasteiger partial charge on any atom is -0.507 e. The van der Waals surface area contributed by atoms with Crippen molar-refractivity contribution < 1.29 is 68.5 Å². The summed E-state index contributed by atoms with van der Waals surface area (Å²) in [5, 5.41) is 40.1. The SMILES string of the molecule is CN[C@H](C(=O)NC[C@H]1c2c(c(O)c(C)c3c2OCO3)CC2[C@@H]3c4c(cc(C)c(C)c4O)C[C@@H]([C@H](C#N)N21)N3C)C(C)C.[Ac]. The average molecular weight is 803 g/mol. The first-order valence-corrected chi connectivity index (χ1v) is 14.8. The van der Waals surface area contributed by atoms with E-state index in [-0.39, 0.29) is 99.1 Å². The molecule has 2 aromatic rings. The van der Waals surface area contributed by atoms with Crippen molar-refractivity contribution >= 4 is 5.91 Å². The zero-order valence-electron chi connectivity index (χ0n) is 26.0. The van der Waals surface area contributed by atoms with Crippen LogP contribution in [0.5, 0.6) is 23.0 Å². The average Bonchev–Trinajstić information content (AvgIpc) is 3.44. The molecule has 1 fully saturated rings. The number of aromatic hydroxyl groups is 2. The van der Waals surface area contributed by atoms with E-state index in [9.17, 15) is 20.3 Å². The van der Waals surface area contributed by atoms with Crippen LogP contribution in [0.1, 0.15) is 64.9 Å². The molecule has 0 saturated carbocycles. The number of likely N-dealkylation sites (N-methyl/N-ethyl adjacent to an activating group) is 2. The van der Waals surface area contributed by atoms with E-state index in [1.54, 1.807) is 7.05 Å². The Morgan fingerprint density at radius 2 is 1.79 bits per heavy atom. The zero-order valence-corrected chi connectivity index (χ0v) is 30.7. The van der Waals surface area contributed by atoms with Gasteiger partial charge in [-0.2, -0.15) is 5.26 Å². The summed E-state index contributed by atoms with van der Waals surface area (Å²) in [6, 6.07) is 2.81. The van der Waals surface area contributed by atoms with Crippen LogP contribution in [0.15, 0.2) is 6.07 Å². The number of nitrogens with one attached hydrogen (secondary N) is 2. The van der Waals surface area contributed by atoms with Crippen LogP contribution in [0.25, 0.3) is 0 Å². The van der Waals surface area contributed by atoms with E-state index in [1.807, 2.05) is 41.7 Å². The second-order valence-electron chi connectivity index (χ2n) is 12.6. The van der Waals surface area contributed by atoms with Crippen molar-refractivity contribution in [2.24, 2.45) is 5.92 Å². The van der Waals surface area contributed by atoms with Gasteiger partial charge in [0.05, 0.1) is 24.2 Å². The minimum absolute atomic E-state index is 0. The maximum atomic E-state index is 13.4. The van der Waals surface area contributed by atoms with Crippen molar-refractivity contribution in [3.8, 4) is 29.1 Å². The summed E-state index contributed by atoms with van der Waals surface area (Å²) in [5.74, 6) is 1.48. The van der Waals surface area contributed by atoms with Gasteiger partial charge < -0.3 is 30.3 Å². The number of fused-ring (bicyclic) bond motifs is 9. The van der Waals surface area contributed by atoms with E-state index >= 15 is 0 Å². The Morgan fingerprint density at radius 3 is 2.44 bits per heavy atom. The quantitative estimate of drug-likeness (QED) is 0.361. The van der Waals surface area contributed by atoms with Crippen molar-refractivity contribution in [1.82, 2.24) is 20.4 Å². The first-order chi connectivity index (χ1) is 20.0. The first kappa shape index (κ1) is 32.3. The monoisotopic (exact) mass is 802 g/mol. The summed E-state index contributed by atoms with van der Waals surface area (Å²) in [4.78, 5) is 17.8. The number of nitrogens with zero attached hydrogens (tertiary/aromatic N) is 3. The van der Waals surface area contributed by atoms with Gasteiger partial charge in [-0.3, -0.25) is 14.6 Å². The molecule has 4 aliphatic rings. The molecular weight excluding hydrogens is 761 g/mol. The van der Waals surface area contributed by atoms with Gasteiger partial charge in [0.25, 0.3) is 0 Å². The number of rotatable bonds is 5. The van der Waals surface area contributed by atoms with Gasteiger partial charge in [0.2, 0.25) is 12.7 Å². The predicted molar refractivity (Wildman–Crippen MR) is 157 cm³/mol. The molecule has 43 heavy (non-hydrogen) atoms. The van der Waals surface area contributed by atoms with Gasteiger partial charge in [-0.25, -0.2) is 0 Å². The van der Waals surface area contributed by atoms with E-state index in [0.717, 1.165) is 33.4 Å². The van der Waals surface area contributed by atoms with Crippen LogP contribution < -0.4 is 20.1 Å². The fourth-order valence-electron chi connectivity index (χ4n) is 7.98.